The van der Waals surface area contributed by atoms with Crippen molar-refractivity contribution in [2.45, 2.75) is 17.4 Å². The molecule has 0 fully saturated rings. The highest BCUT2D eigenvalue weighted by Gasteiger charge is 2.39. The van der Waals surface area contributed by atoms with Crippen LogP contribution in [0.15, 0.2) is 65.2 Å². The van der Waals surface area contributed by atoms with Crippen molar-refractivity contribution >= 4 is 32.5 Å². The summed E-state index contributed by atoms with van der Waals surface area (Å²) in [4.78, 5) is 14.0. The third-order valence-electron chi connectivity index (χ3n) is 5.73. The number of benzene rings is 2. The van der Waals surface area contributed by atoms with Gasteiger partial charge in [-0.2, -0.15) is 0 Å². The number of hydrogen-bond acceptors (Lipinski definition) is 4. The van der Waals surface area contributed by atoms with Crippen molar-refractivity contribution < 1.29 is 18.3 Å². The molecule has 6 nitrogen and oxygen atoms in total. The Bertz CT molecular complexity index is 1270. The molecular formula is C21H18N2O4S. The number of hydrogen-bond donors (Lipinski definition) is 1. The second kappa shape index (κ2) is 5.80. The van der Waals surface area contributed by atoms with Gasteiger partial charge in [0.05, 0.1) is 16.0 Å². The van der Waals surface area contributed by atoms with Crippen LogP contribution in [0.5, 0.6) is 0 Å². The summed E-state index contributed by atoms with van der Waals surface area (Å²) in [5, 5.41) is 10.5. The number of carbonyl (C=O) groups is 1. The largest absolute Gasteiger partial charge is 0.478 e. The first-order valence-electron chi connectivity index (χ1n) is 9.00. The van der Waals surface area contributed by atoms with Gasteiger partial charge in [-0.15, -0.1) is 0 Å². The number of rotatable bonds is 3. The highest BCUT2D eigenvalue weighted by Crippen LogP contribution is 2.44. The number of nitrogens with zero attached hydrogens (tertiary/aromatic N) is 2. The van der Waals surface area contributed by atoms with Crippen LogP contribution in [0.4, 0.5) is 0 Å². The van der Waals surface area contributed by atoms with E-state index in [1.807, 2.05) is 18.0 Å². The molecule has 0 spiro atoms. The molecule has 0 saturated heterocycles. The monoisotopic (exact) mass is 394 g/mol. The van der Waals surface area contributed by atoms with Gasteiger partial charge < -0.3 is 5.11 Å². The minimum atomic E-state index is -3.74. The zero-order valence-corrected chi connectivity index (χ0v) is 16.0. The summed E-state index contributed by atoms with van der Waals surface area (Å²) in [6.45, 7) is 0.387. The molecule has 0 radical (unpaired) electrons. The van der Waals surface area contributed by atoms with Gasteiger partial charge in [-0.1, -0.05) is 30.3 Å². The number of carboxylic acids is 1. The van der Waals surface area contributed by atoms with Crippen LogP contribution in [0.2, 0.25) is 0 Å². The van der Waals surface area contributed by atoms with Gasteiger partial charge in [0.2, 0.25) is 0 Å². The molecule has 1 aliphatic carbocycles. The van der Waals surface area contributed by atoms with Gasteiger partial charge in [-0.05, 0) is 48.4 Å². The summed E-state index contributed by atoms with van der Waals surface area (Å²) in [5.74, 6) is -0.916. The fraction of sp³-hybridized carbons (Fsp3) is 0.190. The van der Waals surface area contributed by atoms with Crippen LogP contribution >= 0.6 is 0 Å². The normalized spacial score (nSPS) is 19.2. The van der Waals surface area contributed by atoms with Crippen molar-refractivity contribution in [3.63, 3.8) is 0 Å². The molecule has 142 valence electrons. The van der Waals surface area contributed by atoms with E-state index in [-0.39, 0.29) is 10.9 Å². The highest BCUT2D eigenvalue weighted by molar-refractivity contribution is 7.90. The standard InChI is InChI=1S/C21H18N2O4S/c1-22-12-16(21(24)25)20-15-8-5-9-17-19(15)13(10-18(20)22)11-23(17)28(26,27)14-6-3-2-4-7-14/h2-9,11,18H,10,12H2,1H3,(H,24,25). The van der Waals surface area contributed by atoms with Gasteiger partial charge in [0.15, 0.2) is 0 Å². The van der Waals surface area contributed by atoms with Gasteiger partial charge in [-0.3, -0.25) is 4.90 Å². The van der Waals surface area contributed by atoms with Crippen molar-refractivity contribution in [1.29, 1.82) is 0 Å². The maximum atomic E-state index is 13.2. The van der Waals surface area contributed by atoms with E-state index in [1.165, 1.54) is 3.97 Å². The second-order valence-corrected chi connectivity index (χ2v) is 9.12. The Labute approximate surface area is 162 Å². The van der Waals surface area contributed by atoms with Crippen molar-refractivity contribution in [2.24, 2.45) is 0 Å². The molecule has 2 aromatic carbocycles. The fourth-order valence-electron chi connectivity index (χ4n) is 4.48. The number of aliphatic carboxylic acids is 1. The third-order valence-corrected chi connectivity index (χ3v) is 7.42. The van der Waals surface area contributed by atoms with E-state index in [4.69, 9.17) is 0 Å². The SMILES string of the molecule is CN1CC(C(=O)O)=C2c3cccc4c3c(cn4S(=O)(=O)c3ccccc3)CC21. The average Bonchev–Trinajstić information content (AvgIpc) is 3.23. The molecule has 1 aliphatic heterocycles. The lowest BCUT2D eigenvalue weighted by Crippen LogP contribution is -2.31. The molecule has 5 rings (SSSR count). The Hall–Kier alpha value is -2.90. The number of carboxylic acid groups (broad SMARTS) is 1. The Kier molecular flexibility index (Phi) is 3.56. The van der Waals surface area contributed by atoms with E-state index in [2.05, 4.69) is 0 Å². The summed E-state index contributed by atoms with van der Waals surface area (Å²) in [7, 11) is -1.83. The van der Waals surface area contributed by atoms with E-state index >= 15 is 0 Å². The van der Waals surface area contributed by atoms with Gasteiger partial charge in [-0.25, -0.2) is 17.2 Å². The summed E-state index contributed by atoms with van der Waals surface area (Å²) < 4.78 is 27.8. The van der Waals surface area contributed by atoms with Gasteiger partial charge in [0.25, 0.3) is 10.0 Å². The molecule has 7 heteroatoms. The maximum absolute atomic E-state index is 13.2. The summed E-state index contributed by atoms with van der Waals surface area (Å²) in [6.07, 6.45) is 2.29. The van der Waals surface area contributed by atoms with Crippen LogP contribution in [0.1, 0.15) is 11.1 Å². The third kappa shape index (κ3) is 2.23. The lowest BCUT2D eigenvalue weighted by atomic mass is 9.84. The van der Waals surface area contributed by atoms with Crippen LogP contribution in [-0.2, 0) is 21.2 Å². The number of likely N-dealkylation sites (N-methyl/N-ethyl adjacent to an activating group) is 1. The maximum Gasteiger partial charge on any atom is 0.333 e. The molecule has 0 saturated carbocycles. The van der Waals surface area contributed by atoms with E-state index in [0.717, 1.165) is 22.1 Å². The van der Waals surface area contributed by atoms with Crippen LogP contribution < -0.4 is 0 Å². The average molecular weight is 394 g/mol. The first kappa shape index (κ1) is 17.2. The van der Waals surface area contributed by atoms with Crippen LogP contribution in [0.3, 0.4) is 0 Å². The predicted octanol–water partition coefficient (Wildman–Crippen LogP) is 2.59. The molecule has 1 unspecified atom stereocenters. The van der Waals surface area contributed by atoms with Crippen LogP contribution in [0.25, 0.3) is 16.5 Å². The predicted molar refractivity (Wildman–Crippen MR) is 106 cm³/mol. The number of aromatic nitrogens is 1. The molecule has 28 heavy (non-hydrogen) atoms. The highest BCUT2D eigenvalue weighted by atomic mass is 32.2. The molecule has 1 N–H and O–H groups in total. The lowest BCUT2D eigenvalue weighted by Gasteiger charge is -2.27. The Morgan fingerprint density at radius 2 is 1.86 bits per heavy atom. The quantitative estimate of drug-likeness (QED) is 0.739. The summed E-state index contributed by atoms with van der Waals surface area (Å²) >= 11 is 0. The van der Waals surface area contributed by atoms with Gasteiger partial charge in [0, 0.05) is 24.2 Å². The Balaban J connectivity index is 1.80. The van der Waals surface area contributed by atoms with E-state index in [9.17, 15) is 18.3 Å². The van der Waals surface area contributed by atoms with E-state index in [1.54, 1.807) is 48.7 Å². The minimum absolute atomic E-state index is 0.0560. The lowest BCUT2D eigenvalue weighted by molar-refractivity contribution is -0.132. The first-order chi connectivity index (χ1) is 13.4. The zero-order chi connectivity index (χ0) is 19.6. The van der Waals surface area contributed by atoms with Crippen LogP contribution in [-0.4, -0.2) is 48.0 Å². The second-order valence-electron chi connectivity index (χ2n) is 7.30. The van der Waals surface area contributed by atoms with Crippen molar-refractivity contribution in [2.75, 3.05) is 13.6 Å². The van der Waals surface area contributed by atoms with Crippen molar-refractivity contribution in [3.8, 4) is 0 Å². The van der Waals surface area contributed by atoms with Crippen molar-refractivity contribution in [3.05, 3.63) is 71.4 Å². The molecule has 0 bridgehead atoms. The molecule has 1 atom stereocenters. The summed E-state index contributed by atoms with van der Waals surface area (Å²) in [5.41, 5.74) is 3.54. The van der Waals surface area contributed by atoms with Crippen molar-refractivity contribution in [1.82, 2.24) is 8.87 Å². The van der Waals surface area contributed by atoms with Gasteiger partial charge >= 0.3 is 5.97 Å². The molecule has 3 aromatic rings. The van der Waals surface area contributed by atoms with E-state index in [0.29, 0.717) is 24.1 Å². The molecule has 2 heterocycles. The van der Waals surface area contributed by atoms with Crippen LogP contribution in [0, 0.1) is 0 Å². The molecule has 0 amide bonds. The zero-order valence-electron chi connectivity index (χ0n) is 15.2. The van der Waals surface area contributed by atoms with E-state index < -0.39 is 16.0 Å². The molecular weight excluding hydrogens is 376 g/mol. The number of fused-ring (bicyclic) bond motifs is 2. The molecule has 2 aliphatic rings. The minimum Gasteiger partial charge on any atom is -0.478 e. The van der Waals surface area contributed by atoms with Gasteiger partial charge in [0.1, 0.15) is 0 Å². The Morgan fingerprint density at radius 3 is 2.57 bits per heavy atom. The fourth-order valence-corrected chi connectivity index (χ4v) is 5.88. The first-order valence-corrected chi connectivity index (χ1v) is 10.4. The Morgan fingerprint density at radius 1 is 1.11 bits per heavy atom. The smallest absolute Gasteiger partial charge is 0.333 e. The summed E-state index contributed by atoms with van der Waals surface area (Å²) in [6, 6.07) is 13.8. The topological polar surface area (TPSA) is 79.6 Å². The molecule has 1 aromatic heterocycles.